The van der Waals surface area contributed by atoms with Gasteiger partial charge in [0.1, 0.15) is 0 Å². The molecule has 3 nitrogen and oxygen atoms in total. The SMILES string of the molecule is CC(C(=O)Nc1ccccc1SC(F)(F)F)C1CNC1.Cl. The van der Waals surface area contributed by atoms with Gasteiger partial charge in [-0.25, -0.2) is 0 Å². The molecular formula is C13H16ClF3N2OS. The lowest BCUT2D eigenvalue weighted by Gasteiger charge is -2.31. The molecule has 1 unspecified atom stereocenters. The molecule has 2 rings (SSSR count). The molecule has 1 fully saturated rings. The first-order chi connectivity index (χ1) is 9.37. The van der Waals surface area contributed by atoms with Crippen LogP contribution in [-0.2, 0) is 4.79 Å². The van der Waals surface area contributed by atoms with Gasteiger partial charge in [0.05, 0.1) is 5.69 Å². The summed E-state index contributed by atoms with van der Waals surface area (Å²) in [7, 11) is 0. The highest BCUT2D eigenvalue weighted by molar-refractivity contribution is 8.00. The van der Waals surface area contributed by atoms with Crippen LogP contribution in [0.5, 0.6) is 0 Å². The Morgan fingerprint density at radius 2 is 2.00 bits per heavy atom. The monoisotopic (exact) mass is 340 g/mol. The number of amides is 1. The van der Waals surface area contributed by atoms with Crippen LogP contribution in [0.2, 0.25) is 0 Å². The first kappa shape index (κ1) is 18.1. The van der Waals surface area contributed by atoms with Crippen molar-refractivity contribution in [3.05, 3.63) is 24.3 Å². The molecule has 1 aromatic rings. The first-order valence-electron chi connectivity index (χ1n) is 6.23. The summed E-state index contributed by atoms with van der Waals surface area (Å²) in [5, 5.41) is 5.66. The van der Waals surface area contributed by atoms with Crippen molar-refractivity contribution in [2.24, 2.45) is 11.8 Å². The third-order valence-corrected chi connectivity index (χ3v) is 4.11. The quantitative estimate of drug-likeness (QED) is 0.824. The largest absolute Gasteiger partial charge is 0.446 e. The molecule has 1 aliphatic heterocycles. The second kappa shape index (κ2) is 7.38. The van der Waals surface area contributed by atoms with Crippen LogP contribution in [-0.4, -0.2) is 24.5 Å². The molecule has 0 bridgehead atoms. The van der Waals surface area contributed by atoms with Crippen molar-refractivity contribution in [1.29, 1.82) is 0 Å². The normalized spacial score (nSPS) is 16.6. The van der Waals surface area contributed by atoms with E-state index in [1.807, 2.05) is 0 Å². The second-order valence-corrected chi connectivity index (χ2v) is 5.85. The minimum absolute atomic E-state index is 0. The molecule has 1 saturated heterocycles. The summed E-state index contributed by atoms with van der Waals surface area (Å²) < 4.78 is 37.4. The van der Waals surface area contributed by atoms with Gasteiger partial charge in [0.2, 0.25) is 5.91 Å². The third kappa shape index (κ3) is 5.09. The number of nitrogens with one attached hydrogen (secondary N) is 2. The number of carbonyl (C=O) groups excluding carboxylic acids is 1. The summed E-state index contributed by atoms with van der Waals surface area (Å²) in [6.45, 7) is 3.33. The molecular weight excluding hydrogens is 325 g/mol. The third-order valence-electron chi connectivity index (χ3n) is 3.30. The van der Waals surface area contributed by atoms with Crippen LogP contribution in [0.3, 0.4) is 0 Å². The maximum Gasteiger partial charge on any atom is 0.446 e. The van der Waals surface area contributed by atoms with E-state index in [1.165, 1.54) is 18.2 Å². The molecule has 0 aliphatic carbocycles. The van der Waals surface area contributed by atoms with E-state index in [4.69, 9.17) is 0 Å². The number of thioether (sulfide) groups is 1. The van der Waals surface area contributed by atoms with E-state index in [-0.39, 0.29) is 52.5 Å². The topological polar surface area (TPSA) is 41.1 Å². The van der Waals surface area contributed by atoms with Crippen molar-refractivity contribution in [3.8, 4) is 0 Å². The fourth-order valence-corrected chi connectivity index (χ4v) is 2.53. The molecule has 1 aromatic carbocycles. The van der Waals surface area contributed by atoms with E-state index in [0.717, 1.165) is 13.1 Å². The molecule has 1 heterocycles. The maximum absolute atomic E-state index is 12.5. The summed E-state index contributed by atoms with van der Waals surface area (Å²) in [5.74, 6) is -0.218. The molecule has 1 atom stereocenters. The van der Waals surface area contributed by atoms with Gasteiger partial charge < -0.3 is 10.6 Å². The number of benzene rings is 1. The zero-order chi connectivity index (χ0) is 14.8. The number of hydrogen-bond acceptors (Lipinski definition) is 3. The van der Waals surface area contributed by atoms with Gasteiger partial charge in [0.25, 0.3) is 0 Å². The van der Waals surface area contributed by atoms with Gasteiger partial charge in [0.15, 0.2) is 0 Å². The van der Waals surface area contributed by atoms with Gasteiger partial charge in [-0.2, -0.15) is 13.2 Å². The highest BCUT2D eigenvalue weighted by atomic mass is 35.5. The smallest absolute Gasteiger partial charge is 0.325 e. The van der Waals surface area contributed by atoms with Gasteiger partial charge in [0, 0.05) is 10.8 Å². The van der Waals surface area contributed by atoms with Gasteiger partial charge in [-0.05, 0) is 42.9 Å². The number of anilines is 1. The lowest BCUT2D eigenvalue weighted by Crippen LogP contribution is -2.48. The number of halogens is 4. The Labute approximate surface area is 131 Å². The minimum Gasteiger partial charge on any atom is -0.325 e. The molecule has 0 spiro atoms. The van der Waals surface area contributed by atoms with Crippen molar-refractivity contribution in [2.75, 3.05) is 18.4 Å². The molecule has 2 N–H and O–H groups in total. The molecule has 0 radical (unpaired) electrons. The average molecular weight is 341 g/mol. The molecule has 21 heavy (non-hydrogen) atoms. The number of carbonyl (C=O) groups is 1. The van der Waals surface area contributed by atoms with Crippen LogP contribution >= 0.6 is 24.2 Å². The Hall–Kier alpha value is -0.920. The van der Waals surface area contributed by atoms with E-state index in [9.17, 15) is 18.0 Å². The minimum atomic E-state index is -4.37. The molecule has 0 saturated carbocycles. The Bertz CT molecular complexity index is 495. The van der Waals surface area contributed by atoms with Crippen LogP contribution in [0, 0.1) is 11.8 Å². The Balaban J connectivity index is 0.00000220. The van der Waals surface area contributed by atoms with E-state index in [1.54, 1.807) is 13.0 Å². The standard InChI is InChI=1S/C13H15F3N2OS.ClH/c1-8(9-6-17-7-9)12(19)18-10-4-2-3-5-11(10)20-13(14,15)16;/h2-5,8-9,17H,6-7H2,1H3,(H,18,19);1H. The summed E-state index contributed by atoms with van der Waals surface area (Å²) in [6.07, 6.45) is 0. The van der Waals surface area contributed by atoms with Crippen LogP contribution < -0.4 is 10.6 Å². The fraction of sp³-hybridized carbons (Fsp3) is 0.462. The summed E-state index contributed by atoms with van der Waals surface area (Å²) >= 11 is -0.218. The number of para-hydroxylation sites is 1. The number of rotatable bonds is 4. The molecule has 118 valence electrons. The molecule has 0 aromatic heterocycles. The zero-order valence-corrected chi connectivity index (χ0v) is 12.9. The van der Waals surface area contributed by atoms with Crippen LogP contribution in [0.25, 0.3) is 0 Å². The predicted molar refractivity (Wildman–Crippen MR) is 79.8 cm³/mol. The van der Waals surface area contributed by atoms with Crippen molar-refractivity contribution >= 4 is 35.8 Å². The van der Waals surface area contributed by atoms with Gasteiger partial charge in [-0.1, -0.05) is 19.1 Å². The van der Waals surface area contributed by atoms with E-state index in [2.05, 4.69) is 10.6 Å². The highest BCUT2D eigenvalue weighted by Gasteiger charge is 2.32. The highest BCUT2D eigenvalue weighted by Crippen LogP contribution is 2.40. The van der Waals surface area contributed by atoms with Crippen LogP contribution in [0.4, 0.5) is 18.9 Å². The summed E-state index contributed by atoms with van der Waals surface area (Å²) in [5.41, 5.74) is -4.16. The number of alkyl halides is 3. The molecule has 1 amide bonds. The fourth-order valence-electron chi connectivity index (χ4n) is 1.91. The van der Waals surface area contributed by atoms with Crippen LogP contribution in [0.1, 0.15) is 6.92 Å². The maximum atomic E-state index is 12.5. The van der Waals surface area contributed by atoms with Gasteiger partial charge >= 0.3 is 5.51 Å². The first-order valence-corrected chi connectivity index (χ1v) is 7.05. The predicted octanol–water partition coefficient (Wildman–Crippen LogP) is 3.51. The lowest BCUT2D eigenvalue weighted by atomic mass is 9.88. The average Bonchev–Trinajstić information content (AvgIpc) is 2.27. The van der Waals surface area contributed by atoms with Crippen molar-refractivity contribution in [1.82, 2.24) is 5.32 Å². The van der Waals surface area contributed by atoms with Gasteiger partial charge in [-0.15, -0.1) is 12.4 Å². The number of hydrogen-bond donors (Lipinski definition) is 2. The molecule has 8 heteroatoms. The summed E-state index contributed by atoms with van der Waals surface area (Å²) in [6, 6.07) is 5.95. The van der Waals surface area contributed by atoms with Gasteiger partial charge in [-0.3, -0.25) is 4.79 Å². The lowest BCUT2D eigenvalue weighted by molar-refractivity contribution is -0.121. The second-order valence-electron chi connectivity index (χ2n) is 4.74. The Kier molecular flexibility index (Phi) is 6.37. The van der Waals surface area contributed by atoms with E-state index >= 15 is 0 Å². The van der Waals surface area contributed by atoms with Crippen molar-refractivity contribution in [2.45, 2.75) is 17.3 Å². The van der Waals surface area contributed by atoms with E-state index in [0.29, 0.717) is 0 Å². The summed E-state index contributed by atoms with van der Waals surface area (Å²) in [4.78, 5) is 12.0. The van der Waals surface area contributed by atoms with Crippen LogP contribution in [0.15, 0.2) is 29.2 Å². The molecule has 1 aliphatic rings. The van der Waals surface area contributed by atoms with E-state index < -0.39 is 5.51 Å². The van der Waals surface area contributed by atoms with Crippen molar-refractivity contribution in [3.63, 3.8) is 0 Å². The zero-order valence-electron chi connectivity index (χ0n) is 11.2. The Morgan fingerprint density at radius 3 is 2.52 bits per heavy atom. The van der Waals surface area contributed by atoms with Crippen molar-refractivity contribution < 1.29 is 18.0 Å². The Morgan fingerprint density at radius 1 is 1.38 bits per heavy atom.